The molecule has 98 valence electrons. The Morgan fingerprint density at radius 2 is 2.06 bits per heavy atom. The van der Waals surface area contributed by atoms with Crippen molar-refractivity contribution in [1.82, 2.24) is 5.32 Å². The van der Waals surface area contributed by atoms with Gasteiger partial charge in [-0.05, 0) is 25.5 Å². The highest BCUT2D eigenvalue weighted by Crippen LogP contribution is 2.44. The zero-order valence-corrected chi connectivity index (χ0v) is 10.4. The third kappa shape index (κ3) is 2.12. The standard InChI is InChI=1S/C14H19NO3/c16-13-11(10-3-1-6-15-9-10)4-5-12-14(13)18-8-2-7-17-12/h4-5,10,15-16H,1-3,6-9H2. The number of benzene rings is 1. The van der Waals surface area contributed by atoms with Gasteiger partial charge in [0.05, 0.1) is 13.2 Å². The van der Waals surface area contributed by atoms with Gasteiger partial charge in [0.2, 0.25) is 5.75 Å². The van der Waals surface area contributed by atoms with E-state index in [4.69, 9.17) is 9.47 Å². The number of rotatable bonds is 1. The van der Waals surface area contributed by atoms with Crippen molar-refractivity contribution in [3.05, 3.63) is 17.7 Å². The van der Waals surface area contributed by atoms with Gasteiger partial charge in [0.1, 0.15) is 0 Å². The second-order valence-electron chi connectivity index (χ2n) is 4.92. The van der Waals surface area contributed by atoms with E-state index in [0.717, 1.165) is 37.9 Å². The first-order valence-electron chi connectivity index (χ1n) is 6.68. The van der Waals surface area contributed by atoms with Gasteiger partial charge in [-0.25, -0.2) is 0 Å². The Morgan fingerprint density at radius 3 is 2.89 bits per heavy atom. The lowest BCUT2D eigenvalue weighted by Crippen LogP contribution is -2.28. The fourth-order valence-corrected chi connectivity index (χ4v) is 2.68. The maximum atomic E-state index is 10.4. The van der Waals surface area contributed by atoms with Gasteiger partial charge in [0.25, 0.3) is 0 Å². The summed E-state index contributed by atoms with van der Waals surface area (Å²) in [6.45, 7) is 3.25. The number of aromatic hydroxyl groups is 1. The average Bonchev–Trinajstić information content (AvgIpc) is 2.66. The van der Waals surface area contributed by atoms with E-state index in [-0.39, 0.29) is 5.75 Å². The van der Waals surface area contributed by atoms with Crippen LogP contribution in [0.25, 0.3) is 0 Å². The Bertz CT molecular complexity index is 427. The number of phenols is 1. The topological polar surface area (TPSA) is 50.7 Å². The molecule has 1 saturated heterocycles. The molecule has 1 aromatic rings. The van der Waals surface area contributed by atoms with Crippen LogP contribution in [0.1, 0.15) is 30.7 Å². The van der Waals surface area contributed by atoms with Gasteiger partial charge >= 0.3 is 0 Å². The minimum atomic E-state index is 0.267. The van der Waals surface area contributed by atoms with E-state index in [0.29, 0.717) is 30.6 Å². The summed E-state index contributed by atoms with van der Waals surface area (Å²) in [5.74, 6) is 1.83. The van der Waals surface area contributed by atoms with Gasteiger partial charge in [-0.1, -0.05) is 6.07 Å². The van der Waals surface area contributed by atoms with Crippen LogP contribution < -0.4 is 14.8 Å². The number of nitrogens with one attached hydrogen (secondary N) is 1. The fraction of sp³-hybridized carbons (Fsp3) is 0.571. The maximum absolute atomic E-state index is 10.4. The van der Waals surface area contributed by atoms with Crippen LogP contribution in [0.2, 0.25) is 0 Å². The van der Waals surface area contributed by atoms with E-state index < -0.39 is 0 Å². The quantitative estimate of drug-likeness (QED) is 0.799. The van der Waals surface area contributed by atoms with E-state index in [2.05, 4.69) is 5.32 Å². The molecule has 0 amide bonds. The van der Waals surface area contributed by atoms with E-state index in [1.54, 1.807) is 0 Å². The first kappa shape index (κ1) is 11.7. The zero-order valence-electron chi connectivity index (χ0n) is 10.4. The van der Waals surface area contributed by atoms with Crippen LogP contribution in [-0.2, 0) is 0 Å². The summed E-state index contributed by atoms with van der Waals surface area (Å²) in [4.78, 5) is 0. The predicted octanol–water partition coefficient (Wildman–Crippen LogP) is 2.02. The number of fused-ring (bicyclic) bond motifs is 1. The normalized spacial score (nSPS) is 23.4. The molecular formula is C14H19NO3. The van der Waals surface area contributed by atoms with E-state index >= 15 is 0 Å². The first-order valence-corrected chi connectivity index (χ1v) is 6.68. The van der Waals surface area contributed by atoms with Gasteiger partial charge < -0.3 is 19.9 Å². The van der Waals surface area contributed by atoms with Gasteiger partial charge in [0.15, 0.2) is 11.5 Å². The number of hydrogen-bond donors (Lipinski definition) is 2. The summed E-state index contributed by atoms with van der Waals surface area (Å²) in [5.41, 5.74) is 0.978. The first-order chi connectivity index (χ1) is 8.86. The minimum absolute atomic E-state index is 0.267. The van der Waals surface area contributed by atoms with Crippen LogP contribution in [0, 0.1) is 0 Å². The summed E-state index contributed by atoms with van der Waals surface area (Å²) in [6.07, 6.45) is 3.12. The molecule has 4 heteroatoms. The fourth-order valence-electron chi connectivity index (χ4n) is 2.68. The van der Waals surface area contributed by atoms with E-state index in [9.17, 15) is 5.11 Å². The molecule has 4 nitrogen and oxygen atoms in total. The molecule has 0 spiro atoms. The van der Waals surface area contributed by atoms with Gasteiger partial charge in [-0.3, -0.25) is 0 Å². The van der Waals surface area contributed by atoms with Gasteiger partial charge in [0, 0.05) is 24.4 Å². The highest BCUT2D eigenvalue weighted by atomic mass is 16.5. The van der Waals surface area contributed by atoms with Crippen molar-refractivity contribution >= 4 is 0 Å². The maximum Gasteiger partial charge on any atom is 0.203 e. The molecule has 18 heavy (non-hydrogen) atoms. The molecule has 1 atom stereocenters. The second-order valence-corrected chi connectivity index (χ2v) is 4.92. The summed E-state index contributed by atoms with van der Waals surface area (Å²) < 4.78 is 11.2. The molecule has 0 bridgehead atoms. The molecule has 0 radical (unpaired) electrons. The Balaban J connectivity index is 1.93. The second kappa shape index (κ2) is 5.06. The summed E-state index contributed by atoms with van der Waals surface area (Å²) in [7, 11) is 0. The molecule has 1 unspecified atom stereocenters. The molecule has 0 saturated carbocycles. The highest BCUT2D eigenvalue weighted by Gasteiger charge is 2.23. The van der Waals surface area contributed by atoms with E-state index in [1.807, 2.05) is 12.1 Å². The van der Waals surface area contributed by atoms with Gasteiger partial charge in [-0.15, -0.1) is 0 Å². The number of hydrogen-bond acceptors (Lipinski definition) is 4. The largest absolute Gasteiger partial charge is 0.504 e. The smallest absolute Gasteiger partial charge is 0.203 e. The van der Waals surface area contributed by atoms with Gasteiger partial charge in [-0.2, -0.15) is 0 Å². The lowest BCUT2D eigenvalue weighted by molar-refractivity contribution is 0.290. The molecule has 0 aliphatic carbocycles. The Morgan fingerprint density at radius 1 is 1.17 bits per heavy atom. The molecule has 2 heterocycles. The Labute approximate surface area is 107 Å². The van der Waals surface area contributed by atoms with Crippen molar-refractivity contribution in [3.63, 3.8) is 0 Å². The summed E-state index contributed by atoms with van der Waals surface area (Å²) in [6, 6.07) is 3.89. The van der Waals surface area contributed by atoms with Crippen molar-refractivity contribution < 1.29 is 14.6 Å². The van der Waals surface area contributed by atoms with Crippen LogP contribution >= 0.6 is 0 Å². The van der Waals surface area contributed by atoms with Crippen LogP contribution in [0.4, 0.5) is 0 Å². The van der Waals surface area contributed by atoms with Crippen molar-refractivity contribution in [2.75, 3.05) is 26.3 Å². The Kier molecular flexibility index (Phi) is 3.28. The molecule has 1 aromatic carbocycles. The lowest BCUT2D eigenvalue weighted by Gasteiger charge is -2.24. The molecule has 2 N–H and O–H groups in total. The molecule has 3 rings (SSSR count). The summed E-state index contributed by atoms with van der Waals surface area (Å²) in [5, 5.41) is 13.7. The average molecular weight is 249 g/mol. The molecule has 2 aliphatic rings. The third-order valence-electron chi connectivity index (χ3n) is 3.66. The van der Waals surface area contributed by atoms with E-state index in [1.165, 1.54) is 0 Å². The predicted molar refractivity (Wildman–Crippen MR) is 68.6 cm³/mol. The van der Waals surface area contributed by atoms with Crippen LogP contribution in [0.3, 0.4) is 0 Å². The van der Waals surface area contributed by atoms with Crippen molar-refractivity contribution in [2.45, 2.75) is 25.2 Å². The zero-order chi connectivity index (χ0) is 12.4. The number of phenolic OH excluding ortho intramolecular Hbond substituents is 1. The van der Waals surface area contributed by atoms with Crippen molar-refractivity contribution in [3.8, 4) is 17.2 Å². The minimum Gasteiger partial charge on any atom is -0.504 e. The van der Waals surface area contributed by atoms with Crippen LogP contribution in [0.15, 0.2) is 12.1 Å². The molecule has 1 fully saturated rings. The summed E-state index contributed by atoms with van der Waals surface area (Å²) >= 11 is 0. The lowest BCUT2D eigenvalue weighted by atomic mass is 9.90. The Hall–Kier alpha value is -1.42. The van der Waals surface area contributed by atoms with Crippen molar-refractivity contribution in [1.29, 1.82) is 0 Å². The SMILES string of the molecule is Oc1c(C2CCCNC2)ccc2c1OCCCO2. The monoisotopic (exact) mass is 249 g/mol. The van der Waals surface area contributed by atoms with Crippen LogP contribution in [-0.4, -0.2) is 31.4 Å². The molecule has 2 aliphatic heterocycles. The highest BCUT2D eigenvalue weighted by molar-refractivity contribution is 5.56. The molecule has 0 aromatic heterocycles. The van der Waals surface area contributed by atoms with Crippen LogP contribution in [0.5, 0.6) is 17.2 Å². The van der Waals surface area contributed by atoms with Crippen molar-refractivity contribution in [2.24, 2.45) is 0 Å². The number of ether oxygens (including phenoxy) is 2. The number of piperidine rings is 1. The molecular weight excluding hydrogens is 230 g/mol. The third-order valence-corrected chi connectivity index (χ3v) is 3.66.